The zero-order chi connectivity index (χ0) is 12.3. The van der Waals surface area contributed by atoms with Crippen molar-refractivity contribution >= 4 is 33.6 Å². The number of alkyl halides is 1. The van der Waals surface area contributed by atoms with Crippen LogP contribution in [0.1, 0.15) is 45.4 Å². The van der Waals surface area contributed by atoms with Gasteiger partial charge in [0.05, 0.1) is 4.75 Å². The van der Waals surface area contributed by atoms with Crippen LogP contribution < -0.4 is 0 Å². The van der Waals surface area contributed by atoms with Crippen LogP contribution in [0.3, 0.4) is 0 Å². The molecule has 1 heterocycles. The summed E-state index contributed by atoms with van der Waals surface area (Å²) in [5.74, 6) is 1.54. The first kappa shape index (κ1) is 13.7. The Morgan fingerprint density at radius 1 is 1.41 bits per heavy atom. The predicted molar refractivity (Wildman–Crippen MR) is 77.9 cm³/mol. The molecule has 1 aliphatic carbocycles. The Balaban J connectivity index is 2.06. The average molecular weight is 320 g/mol. The number of nitrogens with zero attached hydrogens (tertiary/aromatic N) is 1. The Morgan fingerprint density at radius 3 is 2.65 bits per heavy atom. The molecular formula is C13H22BrNOS. The van der Waals surface area contributed by atoms with Crippen molar-refractivity contribution in [2.45, 2.75) is 56.2 Å². The van der Waals surface area contributed by atoms with Gasteiger partial charge in [-0.25, -0.2) is 0 Å². The SMILES string of the molecule is CC1(C(=O)N(CCBr)C2CCCC2)CCCS1. The molecule has 2 aliphatic rings. The Morgan fingerprint density at radius 2 is 2.12 bits per heavy atom. The van der Waals surface area contributed by atoms with Crippen LogP contribution in [0.4, 0.5) is 0 Å². The van der Waals surface area contributed by atoms with Crippen molar-refractivity contribution in [1.29, 1.82) is 0 Å². The second kappa shape index (κ2) is 5.96. The summed E-state index contributed by atoms with van der Waals surface area (Å²) < 4.78 is -0.134. The molecule has 17 heavy (non-hydrogen) atoms. The highest BCUT2D eigenvalue weighted by atomic mass is 79.9. The van der Waals surface area contributed by atoms with Crippen LogP contribution in [-0.4, -0.2) is 39.2 Å². The lowest BCUT2D eigenvalue weighted by molar-refractivity contribution is -0.135. The van der Waals surface area contributed by atoms with Gasteiger partial charge in [0.1, 0.15) is 0 Å². The van der Waals surface area contributed by atoms with Crippen LogP contribution in [0, 0.1) is 0 Å². The molecule has 1 saturated heterocycles. The number of hydrogen-bond acceptors (Lipinski definition) is 2. The highest BCUT2D eigenvalue weighted by Crippen LogP contribution is 2.40. The fourth-order valence-electron chi connectivity index (χ4n) is 3.01. The summed E-state index contributed by atoms with van der Waals surface area (Å²) in [6.07, 6.45) is 7.25. The molecule has 2 nitrogen and oxygen atoms in total. The molecule has 0 N–H and O–H groups in total. The van der Waals surface area contributed by atoms with E-state index in [4.69, 9.17) is 0 Å². The van der Waals surface area contributed by atoms with Crippen LogP contribution in [0.2, 0.25) is 0 Å². The fourth-order valence-corrected chi connectivity index (χ4v) is 4.66. The Hall–Kier alpha value is 0.300. The van der Waals surface area contributed by atoms with E-state index < -0.39 is 0 Å². The van der Waals surface area contributed by atoms with E-state index in [2.05, 4.69) is 27.8 Å². The summed E-state index contributed by atoms with van der Waals surface area (Å²) in [4.78, 5) is 14.9. The molecule has 1 saturated carbocycles. The van der Waals surface area contributed by atoms with Gasteiger partial charge < -0.3 is 4.90 Å². The van der Waals surface area contributed by atoms with E-state index in [1.165, 1.54) is 32.1 Å². The smallest absolute Gasteiger partial charge is 0.238 e. The maximum atomic E-state index is 12.7. The van der Waals surface area contributed by atoms with E-state index >= 15 is 0 Å². The molecule has 0 aromatic rings. The number of rotatable bonds is 4. The molecule has 0 aromatic heterocycles. The minimum atomic E-state index is -0.134. The third-order valence-electron chi connectivity index (χ3n) is 4.02. The summed E-state index contributed by atoms with van der Waals surface area (Å²) in [7, 11) is 0. The highest BCUT2D eigenvalue weighted by molar-refractivity contribution is 9.09. The maximum Gasteiger partial charge on any atom is 0.238 e. The molecule has 0 spiro atoms. The first-order valence-electron chi connectivity index (χ1n) is 6.68. The van der Waals surface area contributed by atoms with Gasteiger partial charge in [-0.2, -0.15) is 0 Å². The van der Waals surface area contributed by atoms with Crippen molar-refractivity contribution in [3.8, 4) is 0 Å². The van der Waals surface area contributed by atoms with Crippen molar-refractivity contribution in [3.63, 3.8) is 0 Å². The summed E-state index contributed by atoms with van der Waals surface area (Å²) in [6, 6.07) is 0.512. The monoisotopic (exact) mass is 319 g/mol. The molecule has 0 radical (unpaired) electrons. The van der Waals surface area contributed by atoms with Gasteiger partial charge in [0.2, 0.25) is 5.91 Å². The predicted octanol–water partition coefficient (Wildman–Crippen LogP) is 3.44. The van der Waals surface area contributed by atoms with Crippen molar-refractivity contribution in [1.82, 2.24) is 4.90 Å². The van der Waals surface area contributed by atoms with E-state index in [-0.39, 0.29) is 4.75 Å². The number of carbonyl (C=O) groups excluding carboxylic acids is 1. The summed E-state index contributed by atoms with van der Waals surface area (Å²) in [5, 5.41) is 0.899. The highest BCUT2D eigenvalue weighted by Gasteiger charge is 2.42. The molecule has 0 aromatic carbocycles. The van der Waals surface area contributed by atoms with Crippen LogP contribution in [0.5, 0.6) is 0 Å². The summed E-state index contributed by atoms with van der Waals surface area (Å²) >= 11 is 5.35. The van der Waals surface area contributed by atoms with Gasteiger partial charge in [-0.05, 0) is 38.4 Å². The number of carbonyl (C=O) groups is 1. The quantitative estimate of drug-likeness (QED) is 0.740. The number of hydrogen-bond donors (Lipinski definition) is 0. The van der Waals surface area contributed by atoms with Gasteiger partial charge in [-0.15, -0.1) is 11.8 Å². The van der Waals surface area contributed by atoms with Gasteiger partial charge in [0.25, 0.3) is 0 Å². The van der Waals surface area contributed by atoms with Crippen LogP contribution in [0.15, 0.2) is 0 Å². The van der Waals surface area contributed by atoms with E-state index in [0.717, 1.165) is 24.0 Å². The molecular weight excluding hydrogens is 298 g/mol. The summed E-state index contributed by atoms with van der Waals surface area (Å²) in [5.41, 5.74) is 0. The van der Waals surface area contributed by atoms with Gasteiger partial charge in [-0.1, -0.05) is 28.8 Å². The zero-order valence-corrected chi connectivity index (χ0v) is 13.0. The van der Waals surface area contributed by atoms with E-state index in [1.54, 1.807) is 0 Å². The Labute approximate surface area is 117 Å². The number of thioether (sulfide) groups is 1. The van der Waals surface area contributed by atoms with Gasteiger partial charge in [-0.3, -0.25) is 4.79 Å². The van der Waals surface area contributed by atoms with Crippen molar-refractivity contribution in [2.75, 3.05) is 17.6 Å². The molecule has 2 fully saturated rings. The lowest BCUT2D eigenvalue weighted by atomic mass is 10.0. The fraction of sp³-hybridized carbons (Fsp3) is 0.923. The third kappa shape index (κ3) is 3.01. The zero-order valence-electron chi connectivity index (χ0n) is 10.6. The van der Waals surface area contributed by atoms with Gasteiger partial charge in [0.15, 0.2) is 0 Å². The van der Waals surface area contributed by atoms with Gasteiger partial charge in [0, 0.05) is 17.9 Å². The van der Waals surface area contributed by atoms with E-state index in [9.17, 15) is 4.79 Å². The van der Waals surface area contributed by atoms with Crippen LogP contribution >= 0.6 is 27.7 Å². The first-order chi connectivity index (χ1) is 8.17. The van der Waals surface area contributed by atoms with E-state index in [0.29, 0.717) is 11.9 Å². The van der Waals surface area contributed by atoms with Crippen LogP contribution in [0.25, 0.3) is 0 Å². The second-order valence-corrected chi connectivity index (χ2v) is 7.70. The Kier molecular flexibility index (Phi) is 4.81. The normalized spacial score (nSPS) is 29.8. The molecule has 0 bridgehead atoms. The van der Waals surface area contributed by atoms with E-state index in [1.807, 2.05) is 11.8 Å². The molecule has 2 rings (SSSR count). The standard InChI is InChI=1S/C13H22BrNOS/c1-13(7-4-10-17-13)12(16)15(9-8-14)11-5-2-3-6-11/h11H,2-10H2,1H3. The van der Waals surface area contributed by atoms with Gasteiger partial charge >= 0.3 is 0 Å². The lowest BCUT2D eigenvalue weighted by Gasteiger charge is -2.35. The molecule has 4 heteroatoms. The number of amides is 1. The lowest BCUT2D eigenvalue weighted by Crippen LogP contribution is -2.48. The first-order valence-corrected chi connectivity index (χ1v) is 8.79. The summed E-state index contributed by atoms with van der Waals surface area (Å²) in [6.45, 7) is 3.02. The molecule has 1 unspecified atom stereocenters. The molecule has 1 atom stereocenters. The minimum absolute atomic E-state index is 0.134. The maximum absolute atomic E-state index is 12.7. The topological polar surface area (TPSA) is 20.3 Å². The minimum Gasteiger partial charge on any atom is -0.338 e. The largest absolute Gasteiger partial charge is 0.338 e. The third-order valence-corrected chi connectivity index (χ3v) is 5.89. The number of halogens is 1. The molecule has 98 valence electrons. The van der Waals surface area contributed by atoms with Crippen LogP contribution in [-0.2, 0) is 4.79 Å². The van der Waals surface area contributed by atoms with Crippen molar-refractivity contribution < 1.29 is 4.79 Å². The van der Waals surface area contributed by atoms with Crippen molar-refractivity contribution in [2.24, 2.45) is 0 Å². The molecule has 1 aliphatic heterocycles. The van der Waals surface area contributed by atoms with Crippen molar-refractivity contribution in [3.05, 3.63) is 0 Å². The molecule has 1 amide bonds. The average Bonchev–Trinajstić information content (AvgIpc) is 2.96. The second-order valence-electron chi connectivity index (χ2n) is 5.31. The Bertz CT molecular complexity index is 273.